The van der Waals surface area contributed by atoms with Crippen LogP contribution in [0.5, 0.6) is 0 Å². The van der Waals surface area contributed by atoms with Gasteiger partial charge < -0.3 is 14.2 Å². The Morgan fingerprint density at radius 1 is 0.318 bits per heavy atom. The van der Waals surface area contributed by atoms with E-state index in [-0.39, 0.29) is 31.1 Å². The summed E-state index contributed by atoms with van der Waals surface area (Å²) in [6, 6.07) is 0. The monoisotopic (exact) mass is 933 g/mol. The maximum atomic E-state index is 12.9. The van der Waals surface area contributed by atoms with Crippen LogP contribution in [-0.4, -0.2) is 37.2 Å². The molecule has 0 N–H and O–H groups in total. The number of hydrogen-bond acceptors (Lipinski definition) is 6. The third kappa shape index (κ3) is 51.8. The molecule has 6 nitrogen and oxygen atoms in total. The molecule has 0 aliphatic heterocycles. The van der Waals surface area contributed by atoms with Gasteiger partial charge in [0.2, 0.25) is 0 Å². The second-order valence-corrected chi connectivity index (χ2v) is 21.4. The Morgan fingerprint density at radius 3 is 0.864 bits per heavy atom. The van der Waals surface area contributed by atoms with Crippen molar-refractivity contribution in [2.75, 3.05) is 13.2 Å². The Kier molecular flexibility index (Phi) is 51.5. The fourth-order valence-corrected chi connectivity index (χ4v) is 9.20. The lowest BCUT2D eigenvalue weighted by atomic mass is 9.99. The Hall–Kier alpha value is -1.59. The molecule has 0 amide bonds. The predicted molar refractivity (Wildman–Crippen MR) is 284 cm³/mol. The first-order valence-electron chi connectivity index (χ1n) is 29.8. The molecule has 66 heavy (non-hydrogen) atoms. The second kappa shape index (κ2) is 52.8. The van der Waals surface area contributed by atoms with Gasteiger partial charge in [0.1, 0.15) is 13.2 Å². The Morgan fingerprint density at radius 2 is 0.576 bits per heavy atom. The molecule has 0 bridgehead atoms. The van der Waals surface area contributed by atoms with E-state index in [1.165, 1.54) is 225 Å². The standard InChI is InChI=1S/C60H116O6/c1-6-8-9-10-11-12-13-14-15-16-17-18-21-24-30-35-40-45-50-58(61)64-53-57(54-65-59(62)51-46-41-36-31-27-26-29-34-39-44-49-56(5)7-2)66-60(63)52-47-42-37-32-25-22-19-20-23-28-33-38-43-48-55(3)4/h55-57H,6-54H2,1-5H3/t56?,57-/m1/s1. The van der Waals surface area contributed by atoms with Crippen LogP contribution in [0.2, 0.25) is 0 Å². The largest absolute Gasteiger partial charge is 0.462 e. The van der Waals surface area contributed by atoms with E-state index in [0.29, 0.717) is 19.3 Å². The molecular formula is C60H116O6. The molecule has 0 aliphatic rings. The van der Waals surface area contributed by atoms with E-state index in [9.17, 15) is 14.4 Å². The van der Waals surface area contributed by atoms with Gasteiger partial charge in [0.25, 0.3) is 0 Å². The summed E-state index contributed by atoms with van der Waals surface area (Å²) in [5.41, 5.74) is 0. The van der Waals surface area contributed by atoms with Gasteiger partial charge in [-0.2, -0.15) is 0 Å². The van der Waals surface area contributed by atoms with Crippen molar-refractivity contribution in [3.05, 3.63) is 0 Å². The zero-order chi connectivity index (χ0) is 48.2. The Bertz CT molecular complexity index is 1010. The molecule has 0 radical (unpaired) electrons. The van der Waals surface area contributed by atoms with E-state index >= 15 is 0 Å². The van der Waals surface area contributed by atoms with Crippen LogP contribution in [0.15, 0.2) is 0 Å². The normalized spacial score (nSPS) is 12.5. The lowest BCUT2D eigenvalue weighted by Crippen LogP contribution is -2.30. The van der Waals surface area contributed by atoms with Gasteiger partial charge in [0, 0.05) is 19.3 Å². The van der Waals surface area contributed by atoms with Crippen LogP contribution in [0.4, 0.5) is 0 Å². The summed E-state index contributed by atoms with van der Waals surface area (Å²) in [6.07, 6.45) is 56.6. The molecule has 0 fully saturated rings. The predicted octanol–water partition coefficient (Wildman–Crippen LogP) is 19.7. The smallest absolute Gasteiger partial charge is 0.306 e. The van der Waals surface area contributed by atoms with E-state index in [1.807, 2.05) is 0 Å². The van der Waals surface area contributed by atoms with Crippen molar-refractivity contribution in [3.8, 4) is 0 Å². The highest BCUT2D eigenvalue weighted by atomic mass is 16.6. The van der Waals surface area contributed by atoms with Crippen LogP contribution in [0.25, 0.3) is 0 Å². The van der Waals surface area contributed by atoms with Crippen LogP contribution in [0.3, 0.4) is 0 Å². The van der Waals surface area contributed by atoms with Crippen molar-refractivity contribution < 1.29 is 28.6 Å². The fraction of sp³-hybridized carbons (Fsp3) is 0.950. The quantitative estimate of drug-likeness (QED) is 0.0343. The minimum Gasteiger partial charge on any atom is -0.462 e. The minimum atomic E-state index is -0.763. The zero-order valence-electron chi connectivity index (χ0n) is 45.3. The highest BCUT2D eigenvalue weighted by Gasteiger charge is 2.19. The van der Waals surface area contributed by atoms with Gasteiger partial charge in [-0.3, -0.25) is 14.4 Å². The summed E-state index contributed by atoms with van der Waals surface area (Å²) in [4.78, 5) is 38.2. The van der Waals surface area contributed by atoms with Crippen LogP contribution >= 0.6 is 0 Å². The molecule has 0 aliphatic carbocycles. The molecule has 6 heteroatoms. The third-order valence-electron chi connectivity index (χ3n) is 14.1. The number of ether oxygens (including phenoxy) is 3. The first kappa shape index (κ1) is 64.4. The van der Waals surface area contributed by atoms with E-state index in [1.54, 1.807) is 0 Å². The number of carbonyl (C=O) groups is 3. The Labute approximate surface area is 412 Å². The molecule has 2 atom stereocenters. The first-order chi connectivity index (χ1) is 32.3. The first-order valence-corrected chi connectivity index (χ1v) is 29.8. The van der Waals surface area contributed by atoms with Crippen LogP contribution < -0.4 is 0 Å². The summed E-state index contributed by atoms with van der Waals surface area (Å²) >= 11 is 0. The number of rotatable bonds is 54. The topological polar surface area (TPSA) is 78.9 Å². The summed E-state index contributed by atoms with van der Waals surface area (Å²) in [6.45, 7) is 11.4. The van der Waals surface area contributed by atoms with Gasteiger partial charge in [0.05, 0.1) is 0 Å². The molecule has 0 aromatic rings. The van der Waals surface area contributed by atoms with E-state index in [4.69, 9.17) is 14.2 Å². The van der Waals surface area contributed by atoms with Gasteiger partial charge in [0.15, 0.2) is 6.10 Å². The lowest BCUT2D eigenvalue weighted by molar-refractivity contribution is -0.167. The van der Waals surface area contributed by atoms with E-state index in [0.717, 1.165) is 69.6 Å². The van der Waals surface area contributed by atoms with Crippen molar-refractivity contribution in [3.63, 3.8) is 0 Å². The number of unbranched alkanes of at least 4 members (excludes halogenated alkanes) is 38. The molecule has 0 aromatic heterocycles. The highest BCUT2D eigenvalue weighted by Crippen LogP contribution is 2.19. The molecular weight excluding hydrogens is 817 g/mol. The molecule has 0 spiro atoms. The van der Waals surface area contributed by atoms with Crippen molar-refractivity contribution in [1.82, 2.24) is 0 Å². The maximum absolute atomic E-state index is 12.9. The van der Waals surface area contributed by atoms with Gasteiger partial charge in [-0.05, 0) is 31.1 Å². The van der Waals surface area contributed by atoms with E-state index in [2.05, 4.69) is 34.6 Å². The van der Waals surface area contributed by atoms with Crippen molar-refractivity contribution in [1.29, 1.82) is 0 Å². The van der Waals surface area contributed by atoms with E-state index < -0.39 is 6.10 Å². The summed E-state index contributed by atoms with van der Waals surface area (Å²) < 4.78 is 16.9. The summed E-state index contributed by atoms with van der Waals surface area (Å²) in [5, 5.41) is 0. The number of hydrogen-bond donors (Lipinski definition) is 0. The summed E-state index contributed by atoms with van der Waals surface area (Å²) in [5.74, 6) is 0.870. The van der Waals surface area contributed by atoms with Crippen molar-refractivity contribution in [2.24, 2.45) is 11.8 Å². The highest BCUT2D eigenvalue weighted by molar-refractivity contribution is 5.71. The van der Waals surface area contributed by atoms with Crippen LogP contribution in [0.1, 0.15) is 336 Å². The van der Waals surface area contributed by atoms with Crippen LogP contribution in [-0.2, 0) is 28.6 Å². The average molecular weight is 934 g/mol. The molecule has 0 heterocycles. The molecule has 392 valence electrons. The van der Waals surface area contributed by atoms with Gasteiger partial charge in [-0.25, -0.2) is 0 Å². The van der Waals surface area contributed by atoms with Gasteiger partial charge >= 0.3 is 17.9 Å². The molecule has 0 rings (SSSR count). The lowest BCUT2D eigenvalue weighted by Gasteiger charge is -2.18. The second-order valence-electron chi connectivity index (χ2n) is 21.4. The maximum Gasteiger partial charge on any atom is 0.306 e. The minimum absolute atomic E-state index is 0.0626. The molecule has 0 saturated heterocycles. The SMILES string of the molecule is CCCCCCCCCCCCCCCCCCCCC(=O)OC[C@H](COC(=O)CCCCCCCCCCCCC(C)CC)OC(=O)CCCCCCCCCCCCCCCC(C)C. The van der Waals surface area contributed by atoms with Crippen LogP contribution in [0, 0.1) is 11.8 Å². The fourth-order valence-electron chi connectivity index (χ4n) is 9.20. The molecule has 0 aromatic carbocycles. The number of esters is 3. The van der Waals surface area contributed by atoms with Crippen molar-refractivity contribution in [2.45, 2.75) is 343 Å². The summed E-state index contributed by atoms with van der Waals surface area (Å²) in [7, 11) is 0. The average Bonchev–Trinajstić information content (AvgIpc) is 3.30. The van der Waals surface area contributed by atoms with Gasteiger partial charge in [-0.1, -0.05) is 298 Å². The third-order valence-corrected chi connectivity index (χ3v) is 14.1. The molecule has 0 saturated carbocycles. The molecule has 1 unspecified atom stereocenters. The number of carbonyl (C=O) groups excluding carboxylic acids is 3. The van der Waals surface area contributed by atoms with Gasteiger partial charge in [-0.15, -0.1) is 0 Å². The Balaban J connectivity index is 4.30. The zero-order valence-corrected chi connectivity index (χ0v) is 45.3. The van der Waals surface area contributed by atoms with Crippen molar-refractivity contribution >= 4 is 17.9 Å².